The topological polar surface area (TPSA) is 119 Å². The number of carboxylic acid groups (broad SMARTS) is 1. The minimum Gasteiger partial charge on any atom is -0.480 e. The number of nitrogens with two attached hydrogens (primary N) is 1. The van der Waals surface area contributed by atoms with E-state index in [0.717, 1.165) is 70.6 Å². The maximum absolute atomic E-state index is 12.8. The highest BCUT2D eigenvalue weighted by Gasteiger charge is 2.19. The molecular formula is C47H88N2O5. The number of hydrogen-bond acceptors (Lipinski definition) is 5. The minimum absolute atomic E-state index is 0.00368. The summed E-state index contributed by atoms with van der Waals surface area (Å²) in [6.45, 7) is 4.94. The van der Waals surface area contributed by atoms with E-state index in [1.54, 1.807) is 0 Å². The van der Waals surface area contributed by atoms with Crippen molar-refractivity contribution < 1.29 is 24.2 Å². The molecule has 0 heterocycles. The van der Waals surface area contributed by atoms with Crippen LogP contribution < -0.4 is 11.1 Å². The first-order valence-electron chi connectivity index (χ1n) is 23.2. The first-order valence-corrected chi connectivity index (χ1v) is 23.2. The van der Waals surface area contributed by atoms with Gasteiger partial charge in [-0.1, -0.05) is 147 Å². The molecule has 0 aliphatic heterocycles. The molecule has 0 saturated heterocycles. The number of carbonyl (C=O) groups is 3. The van der Waals surface area contributed by atoms with Crippen LogP contribution in [0.2, 0.25) is 0 Å². The predicted octanol–water partition coefficient (Wildman–Crippen LogP) is 13.2. The number of nitrogens with one attached hydrogen (secondary N) is 1. The van der Waals surface area contributed by atoms with Crippen molar-refractivity contribution in [1.82, 2.24) is 5.32 Å². The van der Waals surface area contributed by atoms with Crippen LogP contribution in [0.4, 0.5) is 0 Å². The first-order chi connectivity index (χ1) is 26.4. The van der Waals surface area contributed by atoms with Crippen LogP contribution in [-0.4, -0.2) is 41.6 Å². The average molecular weight is 761 g/mol. The molecule has 0 rings (SSSR count). The maximum Gasteiger partial charge on any atom is 0.326 e. The van der Waals surface area contributed by atoms with E-state index in [0.29, 0.717) is 32.2 Å². The van der Waals surface area contributed by atoms with E-state index in [1.165, 1.54) is 128 Å². The fourth-order valence-corrected chi connectivity index (χ4v) is 6.97. The van der Waals surface area contributed by atoms with E-state index in [9.17, 15) is 19.5 Å². The molecule has 0 spiro atoms. The molecule has 0 aliphatic carbocycles. The summed E-state index contributed by atoms with van der Waals surface area (Å²) >= 11 is 0. The predicted molar refractivity (Wildman–Crippen MR) is 230 cm³/mol. The van der Waals surface area contributed by atoms with Gasteiger partial charge in [-0.3, -0.25) is 9.59 Å². The molecular weight excluding hydrogens is 673 g/mol. The lowest BCUT2D eigenvalue weighted by atomic mass is 10.0. The summed E-state index contributed by atoms with van der Waals surface area (Å²) in [7, 11) is 0. The summed E-state index contributed by atoms with van der Waals surface area (Å²) in [5.41, 5.74) is 5.49. The number of esters is 1. The number of rotatable bonds is 42. The van der Waals surface area contributed by atoms with E-state index in [4.69, 9.17) is 10.5 Å². The second-order valence-corrected chi connectivity index (χ2v) is 15.8. The second kappa shape index (κ2) is 42.0. The van der Waals surface area contributed by atoms with Gasteiger partial charge in [-0.05, 0) is 109 Å². The molecule has 0 aromatic carbocycles. The lowest BCUT2D eigenvalue weighted by molar-refractivity contribution is -0.150. The Morgan fingerprint density at radius 1 is 0.519 bits per heavy atom. The zero-order valence-corrected chi connectivity index (χ0v) is 35.6. The summed E-state index contributed by atoms with van der Waals surface area (Å²) < 4.78 is 6.05. The smallest absolute Gasteiger partial charge is 0.326 e. The summed E-state index contributed by atoms with van der Waals surface area (Å²) in [6.07, 6.45) is 47.9. The van der Waals surface area contributed by atoms with Crippen molar-refractivity contribution in [3.8, 4) is 0 Å². The Balaban J connectivity index is 4.36. The van der Waals surface area contributed by atoms with Crippen LogP contribution in [-0.2, 0) is 19.1 Å². The standard InChI is InChI=1S/C47H88N2O5/c1-3-5-7-9-11-13-15-17-18-20-21-23-25-28-32-37-43(38-33-29-27-30-34-40-45(50)49-44(47(52)53)39-36-42-48)54-46(51)41-35-31-26-24-22-19-16-14-12-10-8-6-4-2/h14,16,20-21,43-44H,3-13,15,17-19,22-42,48H2,1-2H3,(H,49,50)(H,52,53)/b16-14-,21-20-. The molecule has 0 radical (unpaired) electrons. The number of hydrogen-bond donors (Lipinski definition) is 3. The van der Waals surface area contributed by atoms with Gasteiger partial charge in [0, 0.05) is 12.8 Å². The maximum atomic E-state index is 12.8. The second-order valence-electron chi connectivity index (χ2n) is 15.8. The van der Waals surface area contributed by atoms with Gasteiger partial charge in [0.25, 0.3) is 0 Å². The monoisotopic (exact) mass is 761 g/mol. The largest absolute Gasteiger partial charge is 0.480 e. The Morgan fingerprint density at radius 3 is 1.37 bits per heavy atom. The molecule has 0 saturated carbocycles. The van der Waals surface area contributed by atoms with Gasteiger partial charge >= 0.3 is 11.9 Å². The van der Waals surface area contributed by atoms with Crippen LogP contribution in [0, 0.1) is 0 Å². The van der Waals surface area contributed by atoms with Crippen molar-refractivity contribution in [1.29, 1.82) is 0 Å². The summed E-state index contributed by atoms with van der Waals surface area (Å²) in [5, 5.41) is 11.9. The molecule has 0 bridgehead atoms. The summed E-state index contributed by atoms with van der Waals surface area (Å²) in [5.74, 6) is -1.24. The zero-order chi connectivity index (χ0) is 39.6. The zero-order valence-electron chi connectivity index (χ0n) is 35.6. The van der Waals surface area contributed by atoms with Crippen LogP contribution in [0.25, 0.3) is 0 Å². The van der Waals surface area contributed by atoms with Crippen molar-refractivity contribution in [3.05, 3.63) is 24.3 Å². The number of ether oxygens (including phenoxy) is 1. The molecule has 7 heteroatoms. The minimum atomic E-state index is -1.00. The Labute approximate surface area is 333 Å². The normalized spacial score (nSPS) is 12.8. The third-order valence-corrected chi connectivity index (χ3v) is 10.5. The van der Waals surface area contributed by atoms with Crippen molar-refractivity contribution in [2.45, 2.75) is 251 Å². The molecule has 2 unspecified atom stereocenters. The van der Waals surface area contributed by atoms with E-state index < -0.39 is 12.0 Å². The van der Waals surface area contributed by atoms with E-state index in [1.807, 2.05) is 0 Å². The molecule has 7 nitrogen and oxygen atoms in total. The number of allylic oxidation sites excluding steroid dienone is 4. The lowest BCUT2D eigenvalue weighted by Crippen LogP contribution is -2.40. The number of aliphatic carboxylic acids is 1. The molecule has 2 atom stereocenters. The van der Waals surface area contributed by atoms with Crippen LogP contribution in [0.15, 0.2) is 24.3 Å². The number of amides is 1. The Kier molecular flexibility index (Phi) is 40.3. The fraction of sp³-hybridized carbons (Fsp3) is 0.851. The molecule has 54 heavy (non-hydrogen) atoms. The van der Waals surface area contributed by atoms with Crippen molar-refractivity contribution in [2.24, 2.45) is 5.73 Å². The number of unbranched alkanes of at least 4 members (excludes halogenated alkanes) is 24. The summed E-state index contributed by atoms with van der Waals surface area (Å²) in [4.78, 5) is 36.4. The first kappa shape index (κ1) is 51.9. The molecule has 1 amide bonds. The third-order valence-electron chi connectivity index (χ3n) is 10.5. The number of carboxylic acids is 1. The quantitative estimate of drug-likeness (QED) is 0.0324. The van der Waals surface area contributed by atoms with Gasteiger partial charge < -0.3 is 20.9 Å². The van der Waals surface area contributed by atoms with Gasteiger partial charge in [0.2, 0.25) is 5.91 Å². The van der Waals surface area contributed by atoms with Crippen molar-refractivity contribution in [2.75, 3.05) is 6.54 Å². The summed E-state index contributed by atoms with van der Waals surface area (Å²) in [6, 6.07) is -0.858. The van der Waals surface area contributed by atoms with Crippen LogP contribution >= 0.6 is 0 Å². The molecule has 316 valence electrons. The van der Waals surface area contributed by atoms with Crippen molar-refractivity contribution in [3.63, 3.8) is 0 Å². The molecule has 0 aromatic rings. The Hall–Kier alpha value is -2.15. The average Bonchev–Trinajstić information content (AvgIpc) is 3.16. The van der Waals surface area contributed by atoms with E-state index >= 15 is 0 Å². The number of carbonyl (C=O) groups excluding carboxylic acids is 2. The molecule has 0 fully saturated rings. The molecule has 0 aromatic heterocycles. The fourth-order valence-electron chi connectivity index (χ4n) is 6.97. The highest BCUT2D eigenvalue weighted by Crippen LogP contribution is 2.19. The van der Waals surface area contributed by atoms with Gasteiger partial charge in [-0.15, -0.1) is 0 Å². The van der Waals surface area contributed by atoms with Gasteiger partial charge in [-0.25, -0.2) is 4.79 Å². The lowest BCUT2D eigenvalue weighted by Gasteiger charge is -2.18. The van der Waals surface area contributed by atoms with Crippen LogP contribution in [0.5, 0.6) is 0 Å². The Bertz CT molecular complexity index is 905. The van der Waals surface area contributed by atoms with E-state index in [-0.39, 0.29) is 18.0 Å². The van der Waals surface area contributed by atoms with Gasteiger partial charge in [0.15, 0.2) is 0 Å². The van der Waals surface area contributed by atoms with Crippen molar-refractivity contribution >= 4 is 17.8 Å². The van der Waals surface area contributed by atoms with Gasteiger partial charge in [0.1, 0.15) is 12.1 Å². The van der Waals surface area contributed by atoms with Gasteiger partial charge in [-0.2, -0.15) is 0 Å². The van der Waals surface area contributed by atoms with Crippen LogP contribution in [0.1, 0.15) is 239 Å². The molecule has 4 N–H and O–H groups in total. The van der Waals surface area contributed by atoms with E-state index in [2.05, 4.69) is 43.5 Å². The molecule has 0 aliphatic rings. The Morgan fingerprint density at radius 2 is 0.907 bits per heavy atom. The van der Waals surface area contributed by atoms with Crippen LogP contribution in [0.3, 0.4) is 0 Å². The SMILES string of the molecule is CCCCCC/C=C\CCCCCCCC(=O)OC(CCCCC/C=C\CCCCCCCCCC)CCCCCCCC(=O)NC(CCCN)C(=O)O. The van der Waals surface area contributed by atoms with Gasteiger partial charge in [0.05, 0.1) is 0 Å². The third kappa shape index (κ3) is 38.1. The highest BCUT2D eigenvalue weighted by atomic mass is 16.5. The highest BCUT2D eigenvalue weighted by molar-refractivity contribution is 5.83.